The first-order valence-electron chi connectivity index (χ1n) is 14.0. The highest BCUT2D eigenvalue weighted by molar-refractivity contribution is 5.93. The number of ether oxygens (including phenoxy) is 3. The molecule has 4 heterocycles. The Bertz CT molecular complexity index is 1210. The third-order valence-corrected chi connectivity index (χ3v) is 6.66. The van der Waals surface area contributed by atoms with E-state index in [0.29, 0.717) is 50.5 Å². The predicted octanol–water partition coefficient (Wildman–Crippen LogP) is 1.58. The highest BCUT2D eigenvalue weighted by atomic mass is 16.5. The maximum atomic E-state index is 13.5. The van der Waals surface area contributed by atoms with Gasteiger partial charge in [0.2, 0.25) is 17.7 Å². The number of nitrogens with one attached hydrogen (secondary N) is 3. The summed E-state index contributed by atoms with van der Waals surface area (Å²) in [7, 11) is 1.25. The van der Waals surface area contributed by atoms with Crippen molar-refractivity contribution < 1.29 is 33.4 Å². The maximum absolute atomic E-state index is 13.5. The molecule has 0 aliphatic carbocycles. The molecule has 4 bridgehead atoms. The molecule has 42 heavy (non-hydrogen) atoms. The zero-order valence-corrected chi connectivity index (χ0v) is 24.1. The van der Waals surface area contributed by atoms with E-state index in [1.165, 1.54) is 14.0 Å². The number of hydrogen-bond acceptors (Lipinski definition) is 8. The van der Waals surface area contributed by atoms with E-state index in [2.05, 4.69) is 16.0 Å². The second-order valence-electron chi connectivity index (χ2n) is 9.97. The summed E-state index contributed by atoms with van der Waals surface area (Å²) in [5.41, 5.74) is 7.22. The Balaban J connectivity index is 1.90. The number of nitrogens with two attached hydrogens (primary N) is 1. The van der Waals surface area contributed by atoms with Gasteiger partial charge in [-0.1, -0.05) is 24.3 Å². The van der Waals surface area contributed by atoms with Gasteiger partial charge < -0.3 is 35.9 Å². The molecule has 3 amide bonds. The molecule has 11 heteroatoms. The molecule has 4 aliphatic heterocycles. The van der Waals surface area contributed by atoms with Crippen molar-refractivity contribution in [1.29, 1.82) is 0 Å². The van der Waals surface area contributed by atoms with E-state index in [-0.39, 0.29) is 18.7 Å². The highest BCUT2D eigenvalue weighted by Crippen LogP contribution is 2.16. The Morgan fingerprint density at radius 2 is 1.45 bits per heavy atom. The summed E-state index contributed by atoms with van der Waals surface area (Å²) in [5.74, 6) is -0.766. The smallest absolute Gasteiger partial charge is 0.328 e. The van der Waals surface area contributed by atoms with E-state index in [9.17, 15) is 19.2 Å². The first-order chi connectivity index (χ1) is 20.3. The van der Waals surface area contributed by atoms with Gasteiger partial charge >= 0.3 is 5.97 Å². The molecule has 226 valence electrons. The molecule has 5 N–H and O–H groups in total. The van der Waals surface area contributed by atoms with Crippen molar-refractivity contribution in [3.05, 3.63) is 71.8 Å². The van der Waals surface area contributed by atoms with E-state index >= 15 is 0 Å². The van der Waals surface area contributed by atoms with Gasteiger partial charge in [0.05, 0.1) is 7.11 Å². The van der Waals surface area contributed by atoms with Crippen LogP contribution >= 0.6 is 0 Å². The Kier molecular flexibility index (Phi) is 12.8. The molecular formula is C31H40N4O7. The lowest BCUT2D eigenvalue weighted by atomic mass is 10.0. The number of hydrogen-bond donors (Lipinski definition) is 4. The topological polar surface area (TPSA) is 158 Å². The molecule has 4 aliphatic rings. The van der Waals surface area contributed by atoms with Crippen LogP contribution in [0.15, 0.2) is 60.7 Å². The van der Waals surface area contributed by atoms with Gasteiger partial charge in [0.25, 0.3) is 0 Å². The van der Waals surface area contributed by atoms with Gasteiger partial charge in [0.15, 0.2) is 0 Å². The summed E-state index contributed by atoms with van der Waals surface area (Å²) in [5, 5.41) is 8.21. The third kappa shape index (κ3) is 10.5. The van der Waals surface area contributed by atoms with Crippen LogP contribution < -0.4 is 31.2 Å². The van der Waals surface area contributed by atoms with E-state index < -0.39 is 35.9 Å². The molecule has 11 nitrogen and oxygen atoms in total. The SMILES string of the molecule is COC(=O)[C@@H]1Cc2ccc(cc2)OCC=CCOc2ccc(cc2)C[C@H](NC(C)=O)C(=O)N[C@H](CCCCN)C(=O)N1. The number of carbonyl (C=O) groups excluding carboxylic acids is 4. The molecule has 0 saturated carbocycles. The monoisotopic (exact) mass is 580 g/mol. The van der Waals surface area contributed by atoms with Crippen molar-refractivity contribution in [3.63, 3.8) is 0 Å². The number of benzene rings is 2. The average Bonchev–Trinajstić information content (AvgIpc) is 2.98. The van der Waals surface area contributed by atoms with Gasteiger partial charge in [-0.05, 0) is 73.4 Å². The number of esters is 1. The van der Waals surface area contributed by atoms with E-state index in [1.54, 1.807) is 24.3 Å². The number of carbonyl (C=O) groups is 4. The van der Waals surface area contributed by atoms with Crippen LogP contribution in [0.4, 0.5) is 0 Å². The molecule has 0 spiro atoms. The Morgan fingerprint density at radius 3 is 1.98 bits per heavy atom. The second-order valence-corrected chi connectivity index (χ2v) is 9.97. The van der Waals surface area contributed by atoms with Crippen LogP contribution in [0.3, 0.4) is 0 Å². The molecule has 0 aromatic heterocycles. The fraction of sp³-hybridized carbons (Fsp3) is 0.419. The van der Waals surface area contributed by atoms with Crippen molar-refractivity contribution in [2.45, 2.75) is 57.2 Å². The fourth-order valence-electron chi connectivity index (χ4n) is 4.44. The minimum Gasteiger partial charge on any atom is -0.490 e. The van der Waals surface area contributed by atoms with Crippen LogP contribution in [-0.4, -0.2) is 68.7 Å². The molecule has 0 radical (unpaired) electrons. The highest BCUT2D eigenvalue weighted by Gasteiger charge is 2.30. The van der Waals surface area contributed by atoms with E-state index in [1.807, 2.05) is 36.4 Å². The van der Waals surface area contributed by atoms with Crippen molar-refractivity contribution in [3.8, 4) is 11.5 Å². The lowest BCUT2D eigenvalue weighted by Gasteiger charge is -2.25. The van der Waals surface area contributed by atoms with Gasteiger partial charge in [-0.2, -0.15) is 0 Å². The summed E-state index contributed by atoms with van der Waals surface area (Å²) < 4.78 is 16.4. The summed E-state index contributed by atoms with van der Waals surface area (Å²) in [4.78, 5) is 51.5. The van der Waals surface area contributed by atoms with Crippen molar-refractivity contribution in [1.82, 2.24) is 16.0 Å². The standard InChI is InChI=1S/C31H40N4O7/c1-21(36)33-27-19-22-8-12-24(13-9-22)41-17-5-6-18-42-25-14-10-23(11-15-25)20-28(31(39)40-2)35-29(37)26(34-30(27)38)7-3-4-16-32/h5-6,8-15,26-28H,3-4,7,16-20,32H2,1-2H3,(H,33,36)(H,34,38)(H,35,37)/t26-,27+,28+/m1/s1. The largest absolute Gasteiger partial charge is 0.490 e. The van der Waals surface area contributed by atoms with Gasteiger partial charge in [-0.15, -0.1) is 0 Å². The number of amides is 3. The lowest BCUT2D eigenvalue weighted by Crippen LogP contribution is -2.56. The van der Waals surface area contributed by atoms with E-state index in [4.69, 9.17) is 19.9 Å². The van der Waals surface area contributed by atoms with Crippen LogP contribution in [0.5, 0.6) is 11.5 Å². The van der Waals surface area contributed by atoms with Crippen LogP contribution in [0, 0.1) is 0 Å². The number of methoxy groups -OCH3 is 1. The minimum atomic E-state index is -0.989. The fourth-order valence-corrected chi connectivity index (χ4v) is 4.44. The molecule has 0 unspecified atom stereocenters. The Hall–Kier alpha value is -4.38. The van der Waals surface area contributed by atoms with Crippen molar-refractivity contribution in [2.75, 3.05) is 26.9 Å². The molecular weight excluding hydrogens is 540 g/mol. The Morgan fingerprint density at radius 1 is 0.881 bits per heavy atom. The van der Waals surface area contributed by atoms with Gasteiger partial charge in [-0.25, -0.2) is 4.79 Å². The minimum absolute atomic E-state index is 0.170. The van der Waals surface area contributed by atoms with Gasteiger partial charge in [0.1, 0.15) is 42.8 Å². The van der Waals surface area contributed by atoms with Crippen molar-refractivity contribution >= 4 is 23.7 Å². The Labute approximate surface area is 246 Å². The number of rotatable bonds is 6. The van der Waals surface area contributed by atoms with Crippen LogP contribution in [0.2, 0.25) is 0 Å². The first-order valence-corrected chi connectivity index (χ1v) is 14.0. The van der Waals surface area contributed by atoms with Crippen LogP contribution in [0.25, 0.3) is 0 Å². The summed E-state index contributed by atoms with van der Waals surface area (Å²) >= 11 is 0. The average molecular weight is 581 g/mol. The maximum Gasteiger partial charge on any atom is 0.328 e. The number of unbranched alkanes of at least 4 members (excludes halogenated alkanes) is 1. The van der Waals surface area contributed by atoms with Gasteiger partial charge in [0, 0.05) is 19.8 Å². The molecule has 2 aromatic rings. The zero-order chi connectivity index (χ0) is 30.3. The molecule has 6 rings (SSSR count). The molecule has 0 fully saturated rings. The second kappa shape index (κ2) is 16.8. The van der Waals surface area contributed by atoms with Gasteiger partial charge in [-0.3, -0.25) is 14.4 Å². The summed E-state index contributed by atoms with van der Waals surface area (Å²) in [6.07, 6.45) is 5.57. The van der Waals surface area contributed by atoms with Crippen LogP contribution in [0.1, 0.15) is 37.3 Å². The predicted molar refractivity (Wildman–Crippen MR) is 157 cm³/mol. The lowest BCUT2D eigenvalue weighted by molar-refractivity contribution is -0.145. The van der Waals surface area contributed by atoms with E-state index in [0.717, 1.165) is 11.1 Å². The van der Waals surface area contributed by atoms with Crippen LogP contribution in [-0.2, 0) is 36.8 Å². The third-order valence-electron chi connectivity index (χ3n) is 6.66. The normalized spacial score (nSPS) is 20.0. The molecule has 0 saturated heterocycles. The van der Waals surface area contributed by atoms with Crippen molar-refractivity contribution in [2.24, 2.45) is 5.73 Å². The molecule has 3 atom stereocenters. The summed E-state index contributed by atoms with van der Waals surface area (Å²) in [6, 6.07) is 11.5. The summed E-state index contributed by atoms with van der Waals surface area (Å²) in [6.45, 7) is 2.45. The quantitative estimate of drug-likeness (QED) is 0.228. The molecule has 2 aromatic carbocycles. The zero-order valence-electron chi connectivity index (χ0n) is 24.1. The first kappa shape index (κ1) is 32.1.